The van der Waals surface area contributed by atoms with Gasteiger partial charge >= 0.3 is 0 Å². The van der Waals surface area contributed by atoms with Crippen molar-refractivity contribution in [2.24, 2.45) is 0 Å². The van der Waals surface area contributed by atoms with Gasteiger partial charge in [0.2, 0.25) is 0 Å². The summed E-state index contributed by atoms with van der Waals surface area (Å²) in [5, 5.41) is 3.12. The molecule has 0 spiro atoms. The number of nitrogens with zero attached hydrogens (tertiary/aromatic N) is 1. The van der Waals surface area contributed by atoms with Crippen LogP contribution in [0.3, 0.4) is 0 Å². The lowest BCUT2D eigenvalue weighted by Crippen LogP contribution is -2.52. The molecule has 0 amide bonds. The third-order valence-corrected chi connectivity index (χ3v) is 2.93. The van der Waals surface area contributed by atoms with E-state index in [1.54, 1.807) is 0 Å². The number of aldehydes is 1. The lowest BCUT2D eigenvalue weighted by Gasteiger charge is -2.32. The van der Waals surface area contributed by atoms with Gasteiger partial charge in [0.05, 0.1) is 6.04 Å². The second kappa shape index (κ2) is 6.23. The first-order chi connectivity index (χ1) is 6.74. The number of hydrogen-bond donors (Lipinski definition) is 1. The van der Waals surface area contributed by atoms with Crippen LogP contribution in [-0.2, 0) is 15.9 Å². The maximum atomic E-state index is 10.7. The van der Waals surface area contributed by atoms with Gasteiger partial charge in [-0.1, -0.05) is 11.1 Å². The Hall–Kier alpha value is -0.300. The van der Waals surface area contributed by atoms with Gasteiger partial charge < -0.3 is 14.7 Å². The summed E-state index contributed by atoms with van der Waals surface area (Å²) in [5.41, 5.74) is 0. The van der Waals surface area contributed by atoms with Crippen LogP contribution in [0.15, 0.2) is 0 Å². The zero-order chi connectivity index (χ0) is 10.4. The molecule has 0 aromatic heterocycles. The van der Waals surface area contributed by atoms with E-state index in [4.69, 9.17) is 0 Å². The van der Waals surface area contributed by atoms with E-state index in [-0.39, 0.29) is 11.8 Å². The van der Waals surface area contributed by atoms with Crippen molar-refractivity contribution in [3.05, 3.63) is 0 Å². The van der Waals surface area contributed by atoms with Crippen molar-refractivity contribution in [3.63, 3.8) is 0 Å². The number of carbonyl (C=O) groups excluding carboxylic acids is 1. The first kappa shape index (κ1) is 11.8. The van der Waals surface area contributed by atoms with E-state index in [0.29, 0.717) is 19.5 Å². The molecule has 82 valence electrons. The molecule has 1 aliphatic heterocycles. The SMILES string of the molecule is O=CC1CNCCN1CCCS(=O)[O-]. The lowest BCUT2D eigenvalue weighted by atomic mass is 10.2. The molecule has 0 bridgehead atoms. The average molecular weight is 219 g/mol. The Balaban J connectivity index is 2.26. The van der Waals surface area contributed by atoms with Crippen molar-refractivity contribution >= 4 is 17.4 Å². The Morgan fingerprint density at radius 1 is 1.64 bits per heavy atom. The molecule has 5 nitrogen and oxygen atoms in total. The van der Waals surface area contributed by atoms with Gasteiger partial charge in [0.25, 0.3) is 0 Å². The maximum absolute atomic E-state index is 10.7. The minimum Gasteiger partial charge on any atom is -0.772 e. The van der Waals surface area contributed by atoms with E-state index < -0.39 is 11.1 Å². The van der Waals surface area contributed by atoms with Crippen LogP contribution in [0.5, 0.6) is 0 Å². The predicted octanol–water partition coefficient (Wildman–Crippen LogP) is -1.27. The standard InChI is InChI=1S/C8H16N2O3S/c11-7-8-6-9-2-4-10(8)3-1-5-14(12)13/h7-9H,1-6H2,(H,12,13)/p-1. The molecule has 14 heavy (non-hydrogen) atoms. The van der Waals surface area contributed by atoms with Crippen LogP contribution in [-0.4, -0.2) is 57.9 Å². The largest absolute Gasteiger partial charge is 0.772 e. The van der Waals surface area contributed by atoms with Crippen molar-refractivity contribution in [2.75, 3.05) is 31.9 Å². The summed E-state index contributed by atoms with van der Waals surface area (Å²) in [7, 11) is 0. The highest BCUT2D eigenvalue weighted by molar-refractivity contribution is 7.79. The van der Waals surface area contributed by atoms with Gasteiger partial charge in [0, 0.05) is 25.4 Å². The van der Waals surface area contributed by atoms with Crippen LogP contribution in [0, 0.1) is 0 Å². The Morgan fingerprint density at radius 2 is 2.43 bits per heavy atom. The van der Waals surface area contributed by atoms with Gasteiger partial charge in [-0.2, -0.15) is 0 Å². The van der Waals surface area contributed by atoms with Gasteiger partial charge in [-0.3, -0.25) is 9.11 Å². The molecule has 1 saturated heterocycles. The van der Waals surface area contributed by atoms with Crippen molar-refractivity contribution in [3.8, 4) is 0 Å². The highest BCUT2D eigenvalue weighted by Crippen LogP contribution is 2.02. The predicted molar refractivity (Wildman–Crippen MR) is 52.7 cm³/mol. The van der Waals surface area contributed by atoms with E-state index in [1.165, 1.54) is 0 Å². The molecule has 6 heteroatoms. The molecule has 1 aliphatic rings. The zero-order valence-electron chi connectivity index (χ0n) is 7.98. The topological polar surface area (TPSA) is 72.5 Å². The molecule has 1 N–H and O–H groups in total. The first-order valence-electron chi connectivity index (χ1n) is 4.70. The Morgan fingerprint density at radius 3 is 3.07 bits per heavy atom. The van der Waals surface area contributed by atoms with Gasteiger partial charge in [0.1, 0.15) is 6.29 Å². The molecule has 2 unspecified atom stereocenters. The van der Waals surface area contributed by atoms with E-state index >= 15 is 0 Å². The monoisotopic (exact) mass is 219 g/mol. The molecular formula is C8H15N2O3S-. The van der Waals surface area contributed by atoms with Crippen LogP contribution in [0.1, 0.15) is 6.42 Å². The lowest BCUT2D eigenvalue weighted by molar-refractivity contribution is -0.112. The van der Waals surface area contributed by atoms with Crippen molar-refractivity contribution in [1.82, 2.24) is 10.2 Å². The van der Waals surface area contributed by atoms with E-state index in [9.17, 15) is 13.6 Å². The van der Waals surface area contributed by atoms with Gasteiger partial charge in [-0.15, -0.1) is 0 Å². The fourth-order valence-corrected chi connectivity index (χ4v) is 1.93. The number of nitrogens with one attached hydrogen (secondary N) is 1. The summed E-state index contributed by atoms with van der Waals surface area (Å²) in [5.74, 6) is 0.176. The number of carbonyl (C=O) groups is 1. The normalized spacial score (nSPS) is 25.9. The molecule has 0 aromatic rings. The van der Waals surface area contributed by atoms with E-state index in [2.05, 4.69) is 5.32 Å². The molecule has 0 radical (unpaired) electrons. The second-order valence-electron chi connectivity index (χ2n) is 3.30. The Kier molecular flexibility index (Phi) is 5.24. The quantitative estimate of drug-likeness (QED) is 0.461. The molecule has 2 atom stereocenters. The first-order valence-corrected chi connectivity index (χ1v) is 5.94. The minimum absolute atomic E-state index is 0.0937. The van der Waals surface area contributed by atoms with Crippen LogP contribution in [0.2, 0.25) is 0 Å². The maximum Gasteiger partial charge on any atom is 0.138 e. The zero-order valence-corrected chi connectivity index (χ0v) is 8.79. The smallest absolute Gasteiger partial charge is 0.138 e. The molecule has 0 aromatic carbocycles. The van der Waals surface area contributed by atoms with Crippen molar-refractivity contribution in [2.45, 2.75) is 12.5 Å². The fourth-order valence-electron chi connectivity index (χ4n) is 1.56. The summed E-state index contributed by atoms with van der Waals surface area (Å²) in [6.07, 6.45) is 1.51. The molecule has 0 saturated carbocycles. The summed E-state index contributed by atoms with van der Waals surface area (Å²) < 4.78 is 20.6. The average Bonchev–Trinajstić information content (AvgIpc) is 2.18. The molecule has 1 rings (SSSR count). The van der Waals surface area contributed by atoms with Crippen LogP contribution < -0.4 is 5.32 Å². The van der Waals surface area contributed by atoms with E-state index in [1.807, 2.05) is 4.90 Å². The number of hydrogen-bond acceptors (Lipinski definition) is 5. The van der Waals surface area contributed by atoms with Crippen LogP contribution >= 0.6 is 0 Å². The van der Waals surface area contributed by atoms with Gasteiger partial charge in [-0.05, 0) is 13.0 Å². The molecule has 1 fully saturated rings. The van der Waals surface area contributed by atoms with Gasteiger partial charge in [0.15, 0.2) is 0 Å². The summed E-state index contributed by atoms with van der Waals surface area (Å²) in [6, 6.07) is -0.0937. The third kappa shape index (κ3) is 3.83. The van der Waals surface area contributed by atoms with Crippen molar-refractivity contribution < 1.29 is 13.6 Å². The summed E-state index contributed by atoms with van der Waals surface area (Å²) in [4.78, 5) is 12.7. The Labute approximate surface area is 86.1 Å². The van der Waals surface area contributed by atoms with Gasteiger partial charge in [-0.25, -0.2) is 0 Å². The molecule has 0 aliphatic carbocycles. The van der Waals surface area contributed by atoms with Crippen LogP contribution in [0.25, 0.3) is 0 Å². The molecular weight excluding hydrogens is 204 g/mol. The fraction of sp³-hybridized carbons (Fsp3) is 0.875. The minimum atomic E-state index is -1.96. The highest BCUT2D eigenvalue weighted by Gasteiger charge is 2.20. The second-order valence-corrected chi connectivity index (χ2v) is 4.32. The van der Waals surface area contributed by atoms with Crippen molar-refractivity contribution in [1.29, 1.82) is 0 Å². The third-order valence-electron chi connectivity index (χ3n) is 2.31. The van der Waals surface area contributed by atoms with Crippen LogP contribution in [0.4, 0.5) is 0 Å². The summed E-state index contributed by atoms with van der Waals surface area (Å²) in [6.45, 7) is 3.03. The summed E-state index contributed by atoms with van der Waals surface area (Å²) >= 11 is -1.96. The number of rotatable bonds is 5. The Bertz CT molecular complexity index is 213. The number of piperazine rings is 1. The highest BCUT2D eigenvalue weighted by atomic mass is 32.2. The van der Waals surface area contributed by atoms with E-state index in [0.717, 1.165) is 19.4 Å². The molecule has 1 heterocycles.